The molecule has 0 spiro atoms. The van der Waals surface area contributed by atoms with Crippen LogP contribution in [0.5, 0.6) is 0 Å². The molecule has 0 amide bonds. The fraction of sp³-hybridized carbons (Fsp3) is 0.375. The van der Waals surface area contributed by atoms with Gasteiger partial charge in [0.25, 0.3) is 0 Å². The summed E-state index contributed by atoms with van der Waals surface area (Å²) in [7, 11) is 0. The van der Waals surface area contributed by atoms with Crippen molar-refractivity contribution in [1.29, 1.82) is 0 Å². The van der Waals surface area contributed by atoms with Gasteiger partial charge in [0.05, 0.1) is 6.20 Å². The van der Waals surface area contributed by atoms with Gasteiger partial charge < -0.3 is 5.73 Å². The highest BCUT2D eigenvalue weighted by atomic mass is 19.1. The quantitative estimate of drug-likeness (QED) is 0.655. The summed E-state index contributed by atoms with van der Waals surface area (Å²) in [5, 5.41) is 0. The minimum absolute atomic E-state index is 0.0903. The first-order valence-corrected chi connectivity index (χ1v) is 3.69. The molecule has 0 unspecified atom stereocenters. The summed E-state index contributed by atoms with van der Waals surface area (Å²) in [6.45, 7) is 5.31. The monoisotopic (exact) mass is 174 g/mol. The minimum Gasteiger partial charge on any atom is -0.381 e. The molecule has 0 radical (unpaired) electrons. The van der Waals surface area contributed by atoms with Crippen LogP contribution in [0.1, 0.15) is 19.4 Å². The molecular formula is C8H12F2N2. The molecule has 0 saturated carbocycles. The first-order valence-electron chi connectivity index (χ1n) is 3.69. The fourth-order valence-corrected chi connectivity index (χ4v) is 0.577. The smallest absolute Gasteiger partial charge is 0.171 e. The zero-order valence-corrected chi connectivity index (χ0v) is 7.36. The van der Waals surface area contributed by atoms with Crippen LogP contribution in [0.15, 0.2) is 6.20 Å². The van der Waals surface area contributed by atoms with E-state index in [-0.39, 0.29) is 11.4 Å². The summed E-state index contributed by atoms with van der Waals surface area (Å²) < 4.78 is 25.0. The van der Waals surface area contributed by atoms with E-state index in [2.05, 4.69) is 4.98 Å². The second kappa shape index (κ2) is 4.64. The molecule has 1 aromatic rings. The number of anilines is 1. The summed E-state index contributed by atoms with van der Waals surface area (Å²) in [6, 6.07) is 0. The fourth-order valence-electron chi connectivity index (χ4n) is 0.577. The lowest BCUT2D eigenvalue weighted by atomic mass is 10.3. The highest BCUT2D eigenvalue weighted by Crippen LogP contribution is 2.13. The Hall–Kier alpha value is -1.19. The molecule has 2 N–H and O–H groups in total. The molecule has 4 heteroatoms. The van der Waals surface area contributed by atoms with Gasteiger partial charge >= 0.3 is 0 Å². The Morgan fingerprint density at radius 3 is 2.25 bits per heavy atom. The van der Waals surface area contributed by atoms with Crippen LogP contribution in [0.25, 0.3) is 0 Å². The Morgan fingerprint density at radius 2 is 1.83 bits per heavy atom. The van der Waals surface area contributed by atoms with Crippen molar-refractivity contribution in [3.8, 4) is 0 Å². The maximum absolute atomic E-state index is 12.6. The van der Waals surface area contributed by atoms with Gasteiger partial charge in [-0.3, -0.25) is 0 Å². The zero-order valence-electron chi connectivity index (χ0n) is 7.36. The number of halogens is 2. The molecule has 0 aliphatic carbocycles. The van der Waals surface area contributed by atoms with E-state index in [4.69, 9.17) is 5.73 Å². The van der Waals surface area contributed by atoms with Gasteiger partial charge in [-0.15, -0.1) is 0 Å². The highest BCUT2D eigenvalue weighted by molar-refractivity contribution is 5.34. The van der Waals surface area contributed by atoms with E-state index in [0.29, 0.717) is 0 Å². The number of rotatable bonds is 0. The van der Waals surface area contributed by atoms with Gasteiger partial charge in [0, 0.05) is 5.56 Å². The molecule has 0 aliphatic heterocycles. The van der Waals surface area contributed by atoms with E-state index in [0.717, 1.165) is 6.20 Å². The maximum Gasteiger partial charge on any atom is 0.171 e. The van der Waals surface area contributed by atoms with Crippen LogP contribution in [0.4, 0.5) is 14.6 Å². The Kier molecular flexibility index (Phi) is 4.18. The van der Waals surface area contributed by atoms with Gasteiger partial charge in [-0.05, 0) is 6.92 Å². The van der Waals surface area contributed by atoms with Crippen LogP contribution < -0.4 is 5.73 Å². The topological polar surface area (TPSA) is 38.9 Å². The Morgan fingerprint density at radius 1 is 1.33 bits per heavy atom. The average molecular weight is 174 g/mol. The maximum atomic E-state index is 12.6. The Bertz CT molecular complexity index is 234. The Labute approximate surface area is 70.4 Å². The number of nitrogens with two attached hydrogens (primary N) is 1. The van der Waals surface area contributed by atoms with Crippen molar-refractivity contribution in [3.63, 3.8) is 0 Å². The first kappa shape index (κ1) is 10.8. The third-order valence-electron chi connectivity index (χ3n) is 1.23. The number of aromatic nitrogens is 1. The number of nitrogen functional groups attached to an aromatic ring is 1. The van der Waals surface area contributed by atoms with Gasteiger partial charge in [-0.25, -0.2) is 13.8 Å². The number of pyridine rings is 1. The molecule has 2 nitrogen and oxygen atoms in total. The van der Waals surface area contributed by atoms with Crippen molar-refractivity contribution in [2.24, 2.45) is 0 Å². The third-order valence-corrected chi connectivity index (χ3v) is 1.23. The number of hydrogen-bond donors (Lipinski definition) is 1. The standard InChI is InChI=1S/C6H6F2N2.C2H6/c1-3-4(7)2-10-6(9)5(3)8;1-2/h2H,1H3,(H2,9,10);1-2H3. The summed E-state index contributed by atoms with van der Waals surface area (Å²) in [4.78, 5) is 3.27. The average Bonchev–Trinajstić information content (AvgIpc) is 2.12. The summed E-state index contributed by atoms with van der Waals surface area (Å²) >= 11 is 0. The van der Waals surface area contributed by atoms with Crippen LogP contribution >= 0.6 is 0 Å². The van der Waals surface area contributed by atoms with E-state index in [1.807, 2.05) is 13.8 Å². The third kappa shape index (κ3) is 2.15. The van der Waals surface area contributed by atoms with Crippen molar-refractivity contribution in [2.75, 3.05) is 5.73 Å². The van der Waals surface area contributed by atoms with Gasteiger partial charge in [-0.1, -0.05) is 13.8 Å². The summed E-state index contributed by atoms with van der Waals surface area (Å²) in [6.07, 6.45) is 0.897. The van der Waals surface area contributed by atoms with Gasteiger partial charge in [0.15, 0.2) is 11.6 Å². The second-order valence-corrected chi connectivity index (χ2v) is 1.93. The van der Waals surface area contributed by atoms with Crippen molar-refractivity contribution >= 4 is 5.82 Å². The molecule has 1 aromatic heterocycles. The van der Waals surface area contributed by atoms with Gasteiger partial charge in [-0.2, -0.15) is 0 Å². The van der Waals surface area contributed by atoms with Crippen LogP contribution in [-0.4, -0.2) is 4.98 Å². The first-order chi connectivity index (χ1) is 5.63. The van der Waals surface area contributed by atoms with Crippen LogP contribution in [0, 0.1) is 18.6 Å². The molecule has 1 heterocycles. The van der Waals surface area contributed by atoms with E-state index in [1.54, 1.807) is 0 Å². The lowest BCUT2D eigenvalue weighted by molar-refractivity contribution is 0.562. The molecule has 1 rings (SSSR count). The summed E-state index contributed by atoms with van der Waals surface area (Å²) in [5.74, 6) is -1.72. The van der Waals surface area contributed by atoms with E-state index < -0.39 is 11.6 Å². The van der Waals surface area contributed by atoms with E-state index in [1.165, 1.54) is 6.92 Å². The second-order valence-electron chi connectivity index (χ2n) is 1.93. The normalized spacial score (nSPS) is 8.75. The van der Waals surface area contributed by atoms with E-state index >= 15 is 0 Å². The SMILES string of the molecule is CC.Cc1c(F)cnc(N)c1F. The van der Waals surface area contributed by atoms with Crippen LogP contribution in [-0.2, 0) is 0 Å². The number of nitrogens with zero attached hydrogens (tertiary/aromatic N) is 1. The molecular weight excluding hydrogens is 162 g/mol. The van der Waals surface area contributed by atoms with Crippen LogP contribution in [0.2, 0.25) is 0 Å². The van der Waals surface area contributed by atoms with Crippen molar-refractivity contribution in [3.05, 3.63) is 23.4 Å². The van der Waals surface area contributed by atoms with Crippen LogP contribution in [0.3, 0.4) is 0 Å². The highest BCUT2D eigenvalue weighted by Gasteiger charge is 2.06. The van der Waals surface area contributed by atoms with Gasteiger partial charge in [0.1, 0.15) is 5.82 Å². The molecule has 12 heavy (non-hydrogen) atoms. The largest absolute Gasteiger partial charge is 0.381 e. The van der Waals surface area contributed by atoms with Crippen molar-refractivity contribution < 1.29 is 8.78 Å². The van der Waals surface area contributed by atoms with Gasteiger partial charge in [0.2, 0.25) is 0 Å². The van der Waals surface area contributed by atoms with Crippen molar-refractivity contribution in [2.45, 2.75) is 20.8 Å². The molecule has 0 saturated heterocycles. The molecule has 0 aromatic carbocycles. The van der Waals surface area contributed by atoms with E-state index in [9.17, 15) is 8.78 Å². The zero-order chi connectivity index (χ0) is 9.72. The molecule has 0 fully saturated rings. The summed E-state index contributed by atoms with van der Waals surface area (Å²) in [5.41, 5.74) is 4.95. The lowest BCUT2D eigenvalue weighted by Crippen LogP contribution is -1.99. The predicted octanol–water partition coefficient (Wildman–Crippen LogP) is 2.28. The molecule has 0 atom stereocenters. The molecule has 0 aliphatic rings. The minimum atomic E-state index is -0.778. The molecule has 68 valence electrons. The molecule has 0 bridgehead atoms. The Balaban J connectivity index is 0.000000561. The lowest BCUT2D eigenvalue weighted by Gasteiger charge is -1.98. The number of hydrogen-bond acceptors (Lipinski definition) is 2. The van der Waals surface area contributed by atoms with Crippen molar-refractivity contribution in [1.82, 2.24) is 4.98 Å². The predicted molar refractivity (Wildman–Crippen MR) is 44.7 cm³/mol.